The molecule has 1 aliphatic rings. The summed E-state index contributed by atoms with van der Waals surface area (Å²) in [6.07, 6.45) is 2.33. The van der Waals surface area contributed by atoms with Crippen molar-refractivity contribution in [2.45, 2.75) is 9.79 Å². The average molecular weight is 215 g/mol. The molecule has 76 valence electrons. The Balaban J connectivity index is 2.20. The summed E-state index contributed by atoms with van der Waals surface area (Å²) in [7, 11) is -0.186. The van der Waals surface area contributed by atoms with Crippen molar-refractivity contribution in [1.82, 2.24) is 0 Å². The molecule has 15 heavy (non-hydrogen) atoms. The normalized spacial score (nSPS) is 15.1. The standard InChI is InChI=1S/C13H13NS/c1-15-12-8-4-2-6-10(12)14-11-7-3-5-9-13(11)15/h2-9,14-15H,1H3. The van der Waals surface area contributed by atoms with Crippen molar-refractivity contribution in [1.29, 1.82) is 0 Å². The maximum atomic E-state index is 3.49. The monoisotopic (exact) mass is 215 g/mol. The van der Waals surface area contributed by atoms with E-state index < -0.39 is 0 Å². The number of hydrogen-bond donors (Lipinski definition) is 2. The number of rotatable bonds is 0. The molecule has 2 aromatic rings. The molecule has 1 heterocycles. The third-order valence-corrected chi connectivity index (χ3v) is 5.03. The largest absolute Gasteiger partial charge is 0.354 e. The highest BCUT2D eigenvalue weighted by atomic mass is 32.2. The Morgan fingerprint density at radius 1 is 0.800 bits per heavy atom. The first kappa shape index (κ1) is 8.86. The SMILES string of the molecule is C[SH]1c2ccccc2Nc2ccccc21. The van der Waals surface area contributed by atoms with Crippen LogP contribution in [0.1, 0.15) is 0 Å². The second-order valence-electron chi connectivity index (χ2n) is 3.72. The quantitative estimate of drug-likeness (QED) is 0.637. The molecule has 0 bridgehead atoms. The van der Waals surface area contributed by atoms with E-state index in [1.807, 2.05) is 0 Å². The van der Waals surface area contributed by atoms with Gasteiger partial charge in [0, 0.05) is 9.79 Å². The summed E-state index contributed by atoms with van der Waals surface area (Å²) in [5.74, 6) is 0. The Labute approximate surface area is 92.5 Å². The van der Waals surface area contributed by atoms with E-state index in [2.05, 4.69) is 60.1 Å². The van der Waals surface area contributed by atoms with Crippen molar-refractivity contribution in [2.75, 3.05) is 11.6 Å². The molecular weight excluding hydrogens is 202 g/mol. The summed E-state index contributed by atoms with van der Waals surface area (Å²) in [5, 5.41) is 3.49. The summed E-state index contributed by atoms with van der Waals surface area (Å²) in [6.45, 7) is 0. The van der Waals surface area contributed by atoms with Gasteiger partial charge in [-0.05, 0) is 30.5 Å². The van der Waals surface area contributed by atoms with E-state index in [1.165, 1.54) is 21.2 Å². The van der Waals surface area contributed by atoms with Gasteiger partial charge in [-0.1, -0.05) is 24.3 Å². The van der Waals surface area contributed by atoms with Gasteiger partial charge in [0.25, 0.3) is 0 Å². The zero-order chi connectivity index (χ0) is 10.3. The third kappa shape index (κ3) is 1.33. The topological polar surface area (TPSA) is 12.0 Å². The van der Waals surface area contributed by atoms with Crippen LogP contribution in [0, 0.1) is 0 Å². The molecule has 1 nitrogen and oxygen atoms in total. The molecule has 0 spiro atoms. The highest BCUT2D eigenvalue weighted by Gasteiger charge is 2.17. The van der Waals surface area contributed by atoms with Crippen molar-refractivity contribution in [2.24, 2.45) is 0 Å². The number of anilines is 2. The van der Waals surface area contributed by atoms with Crippen LogP contribution in [0.4, 0.5) is 11.4 Å². The number of fused-ring (bicyclic) bond motifs is 2. The first-order valence-electron chi connectivity index (χ1n) is 5.05. The van der Waals surface area contributed by atoms with Crippen LogP contribution in [0.15, 0.2) is 58.3 Å². The van der Waals surface area contributed by atoms with E-state index in [1.54, 1.807) is 0 Å². The molecule has 1 N–H and O–H groups in total. The van der Waals surface area contributed by atoms with Crippen LogP contribution in [0.3, 0.4) is 0 Å². The van der Waals surface area contributed by atoms with Crippen LogP contribution in [-0.4, -0.2) is 6.26 Å². The van der Waals surface area contributed by atoms with Gasteiger partial charge in [0.1, 0.15) is 0 Å². The van der Waals surface area contributed by atoms with Crippen LogP contribution in [0.2, 0.25) is 0 Å². The fraction of sp³-hybridized carbons (Fsp3) is 0.0769. The average Bonchev–Trinajstić information content (AvgIpc) is 2.30. The van der Waals surface area contributed by atoms with E-state index in [-0.39, 0.29) is 10.9 Å². The van der Waals surface area contributed by atoms with Gasteiger partial charge < -0.3 is 5.32 Å². The molecule has 2 heteroatoms. The lowest BCUT2D eigenvalue weighted by Gasteiger charge is -2.29. The van der Waals surface area contributed by atoms with E-state index >= 15 is 0 Å². The van der Waals surface area contributed by atoms with Crippen LogP contribution in [-0.2, 0) is 0 Å². The number of nitrogens with one attached hydrogen (secondary N) is 1. The minimum absolute atomic E-state index is 0.186. The molecule has 0 radical (unpaired) electrons. The smallest absolute Gasteiger partial charge is 0.0508 e. The fourth-order valence-electron chi connectivity index (χ4n) is 2.02. The second-order valence-corrected chi connectivity index (χ2v) is 5.80. The molecule has 0 saturated heterocycles. The summed E-state index contributed by atoms with van der Waals surface area (Å²) in [5.41, 5.74) is 2.54. The van der Waals surface area contributed by atoms with Crippen molar-refractivity contribution < 1.29 is 0 Å². The van der Waals surface area contributed by atoms with Gasteiger partial charge in [-0.15, -0.1) is 0 Å². The van der Waals surface area contributed by atoms with Gasteiger partial charge in [-0.25, -0.2) is 0 Å². The van der Waals surface area contributed by atoms with Gasteiger partial charge in [-0.3, -0.25) is 0 Å². The Morgan fingerprint density at radius 3 is 1.80 bits per heavy atom. The summed E-state index contributed by atoms with van der Waals surface area (Å²) < 4.78 is 0. The van der Waals surface area contributed by atoms with Gasteiger partial charge in [-0.2, -0.15) is 10.9 Å². The molecule has 0 aliphatic carbocycles. The molecule has 2 aromatic carbocycles. The van der Waals surface area contributed by atoms with Gasteiger partial charge >= 0.3 is 0 Å². The van der Waals surface area contributed by atoms with E-state index in [4.69, 9.17) is 0 Å². The molecular formula is C13H13NS. The summed E-state index contributed by atoms with van der Waals surface area (Å²) in [6, 6.07) is 17.2. The number of benzene rings is 2. The van der Waals surface area contributed by atoms with Crippen LogP contribution in [0.25, 0.3) is 0 Å². The van der Waals surface area contributed by atoms with E-state index in [0.717, 1.165) is 0 Å². The molecule has 0 fully saturated rings. The van der Waals surface area contributed by atoms with Gasteiger partial charge in [0.15, 0.2) is 0 Å². The minimum atomic E-state index is -0.186. The maximum Gasteiger partial charge on any atom is 0.0508 e. The highest BCUT2D eigenvalue weighted by molar-refractivity contribution is 8.16. The number of thiol groups is 1. The fourth-order valence-corrected chi connectivity index (χ4v) is 3.88. The maximum absolute atomic E-state index is 3.49. The summed E-state index contributed by atoms with van der Waals surface area (Å²) >= 11 is 0. The van der Waals surface area contributed by atoms with Crippen LogP contribution < -0.4 is 5.32 Å². The van der Waals surface area contributed by atoms with E-state index in [9.17, 15) is 0 Å². The first-order valence-corrected chi connectivity index (χ1v) is 6.84. The lowest BCUT2D eigenvalue weighted by Crippen LogP contribution is -2.02. The minimum Gasteiger partial charge on any atom is -0.354 e. The molecule has 1 aliphatic heterocycles. The van der Waals surface area contributed by atoms with Crippen molar-refractivity contribution >= 4 is 22.3 Å². The molecule has 0 amide bonds. The molecule has 3 rings (SSSR count). The predicted octanol–water partition coefficient (Wildman–Crippen LogP) is 3.79. The first-order chi connectivity index (χ1) is 7.36. The Bertz CT molecular complexity index is 462. The predicted molar refractivity (Wildman–Crippen MR) is 67.6 cm³/mol. The molecule has 0 unspecified atom stereocenters. The third-order valence-electron chi connectivity index (χ3n) is 2.80. The Morgan fingerprint density at radius 2 is 1.27 bits per heavy atom. The van der Waals surface area contributed by atoms with E-state index in [0.29, 0.717) is 0 Å². The Hall–Kier alpha value is -1.41. The lowest BCUT2D eigenvalue weighted by atomic mass is 10.2. The van der Waals surface area contributed by atoms with Crippen LogP contribution >= 0.6 is 10.9 Å². The van der Waals surface area contributed by atoms with Crippen LogP contribution in [0.5, 0.6) is 0 Å². The van der Waals surface area contributed by atoms with Gasteiger partial charge in [0.2, 0.25) is 0 Å². The van der Waals surface area contributed by atoms with Crippen molar-refractivity contribution in [3.63, 3.8) is 0 Å². The van der Waals surface area contributed by atoms with Gasteiger partial charge in [0.05, 0.1) is 11.4 Å². The Kier molecular flexibility index (Phi) is 1.96. The van der Waals surface area contributed by atoms with Crippen molar-refractivity contribution in [3.05, 3.63) is 48.5 Å². The molecule has 0 aromatic heterocycles. The van der Waals surface area contributed by atoms with Crippen molar-refractivity contribution in [3.8, 4) is 0 Å². The zero-order valence-corrected chi connectivity index (χ0v) is 9.46. The second kappa shape index (κ2) is 3.31. The zero-order valence-electron chi connectivity index (χ0n) is 8.57. The summed E-state index contributed by atoms with van der Waals surface area (Å²) in [4.78, 5) is 2.90. The lowest BCUT2D eigenvalue weighted by molar-refractivity contribution is 1.30. The number of para-hydroxylation sites is 2. The number of hydrogen-bond acceptors (Lipinski definition) is 1. The highest BCUT2D eigenvalue weighted by Crippen LogP contribution is 2.52. The molecule has 0 saturated carbocycles. The molecule has 0 atom stereocenters.